The van der Waals surface area contributed by atoms with Gasteiger partial charge in [0.15, 0.2) is 11.6 Å². The molecule has 0 amide bonds. The first-order chi connectivity index (χ1) is 19.4. The van der Waals surface area contributed by atoms with Crippen molar-refractivity contribution in [2.24, 2.45) is 11.8 Å². The lowest BCUT2D eigenvalue weighted by molar-refractivity contribution is 0.0980. The summed E-state index contributed by atoms with van der Waals surface area (Å²) < 4.78 is 0. The van der Waals surface area contributed by atoms with E-state index in [1.54, 1.807) is 12.1 Å². The average Bonchev–Trinajstić information content (AvgIpc) is 2.97. The van der Waals surface area contributed by atoms with Crippen LogP contribution in [-0.4, -0.2) is 11.6 Å². The Morgan fingerprint density at radius 3 is 1.27 bits per heavy atom. The maximum absolute atomic E-state index is 13.8. The van der Waals surface area contributed by atoms with E-state index in [4.69, 9.17) is 0 Å². The molecule has 2 unspecified atom stereocenters. The number of nitrogens with one attached hydrogen (secondary N) is 2. The number of fused-ring (bicyclic) bond motifs is 2. The molecule has 0 radical (unpaired) electrons. The van der Waals surface area contributed by atoms with E-state index < -0.39 is 0 Å². The minimum absolute atomic E-state index is 0.145. The molecular weight excluding hydrogens is 492 g/mol. The van der Waals surface area contributed by atoms with Gasteiger partial charge in [-0.2, -0.15) is 0 Å². The van der Waals surface area contributed by atoms with E-state index in [0.717, 1.165) is 37.1 Å². The highest BCUT2D eigenvalue weighted by Crippen LogP contribution is 2.37. The number of hydrogen-bond acceptors (Lipinski definition) is 4. The molecular formula is C36H38N2O2. The number of hydrogen-bond donors (Lipinski definition) is 2. The SMILES string of the molecule is CCC(C)Cc1ccc(Nc2cccc3c2C(=O)c2cccc(Nc4ccc(CC(C)CC)cc4)c2C3=O)cc1. The molecule has 4 heteroatoms. The number of carbonyl (C=O) groups excluding carboxylic acids is 2. The van der Waals surface area contributed by atoms with Crippen molar-refractivity contribution in [2.75, 3.05) is 10.6 Å². The van der Waals surface area contributed by atoms with Crippen LogP contribution in [0.2, 0.25) is 0 Å². The van der Waals surface area contributed by atoms with Crippen LogP contribution in [0, 0.1) is 11.8 Å². The third kappa shape index (κ3) is 5.72. The van der Waals surface area contributed by atoms with Gasteiger partial charge in [0.1, 0.15) is 0 Å². The van der Waals surface area contributed by atoms with Gasteiger partial charge < -0.3 is 10.6 Å². The van der Waals surface area contributed by atoms with Gasteiger partial charge in [-0.1, -0.05) is 89.1 Å². The molecule has 5 rings (SSSR count). The summed E-state index contributed by atoms with van der Waals surface area (Å²) in [6.45, 7) is 8.93. The van der Waals surface area contributed by atoms with Crippen LogP contribution in [0.1, 0.15) is 83.5 Å². The molecule has 40 heavy (non-hydrogen) atoms. The van der Waals surface area contributed by atoms with Gasteiger partial charge in [-0.05, 0) is 72.2 Å². The predicted octanol–water partition coefficient (Wildman–Crippen LogP) is 9.13. The van der Waals surface area contributed by atoms with Crippen LogP contribution in [0.4, 0.5) is 22.7 Å². The second-order valence-corrected chi connectivity index (χ2v) is 11.2. The normalized spacial score (nSPS) is 13.8. The molecule has 0 aliphatic heterocycles. The fourth-order valence-corrected chi connectivity index (χ4v) is 5.30. The molecule has 0 heterocycles. The highest BCUT2D eigenvalue weighted by Gasteiger charge is 2.33. The molecule has 204 valence electrons. The Hall–Kier alpha value is -4.18. The van der Waals surface area contributed by atoms with Gasteiger partial charge in [0.25, 0.3) is 0 Å². The smallest absolute Gasteiger partial charge is 0.196 e. The van der Waals surface area contributed by atoms with Gasteiger partial charge in [-0.3, -0.25) is 9.59 Å². The van der Waals surface area contributed by atoms with Gasteiger partial charge in [0.2, 0.25) is 0 Å². The van der Waals surface area contributed by atoms with Gasteiger partial charge >= 0.3 is 0 Å². The average molecular weight is 531 g/mol. The van der Waals surface area contributed by atoms with Crippen molar-refractivity contribution in [3.05, 3.63) is 118 Å². The lowest BCUT2D eigenvalue weighted by Gasteiger charge is -2.23. The molecule has 4 aromatic rings. The van der Waals surface area contributed by atoms with Crippen molar-refractivity contribution in [3.8, 4) is 0 Å². The second-order valence-electron chi connectivity index (χ2n) is 11.2. The molecule has 0 saturated carbocycles. The standard InChI is InChI=1S/C36H38N2O2/c1-5-23(3)21-25-13-17-27(18-14-25)37-31-11-7-9-29-33(31)35(39)30-10-8-12-32(34(30)36(29)40)38-28-19-15-26(16-20-28)22-24(4)6-2/h7-20,23-24,37-38H,5-6,21-22H2,1-4H3. The van der Waals surface area contributed by atoms with E-state index in [0.29, 0.717) is 45.5 Å². The first kappa shape index (κ1) is 27.4. The Bertz CT molecular complexity index is 1400. The zero-order chi connectivity index (χ0) is 28.2. The maximum Gasteiger partial charge on any atom is 0.196 e. The van der Waals surface area contributed by atoms with Crippen LogP contribution in [-0.2, 0) is 12.8 Å². The predicted molar refractivity (Wildman–Crippen MR) is 166 cm³/mol. The summed E-state index contributed by atoms with van der Waals surface area (Å²) in [7, 11) is 0. The summed E-state index contributed by atoms with van der Waals surface area (Å²) in [6, 6.07) is 27.6. The van der Waals surface area contributed by atoms with Crippen molar-refractivity contribution in [1.29, 1.82) is 0 Å². The molecule has 0 aromatic heterocycles. The zero-order valence-corrected chi connectivity index (χ0v) is 23.9. The van der Waals surface area contributed by atoms with Crippen LogP contribution in [0.25, 0.3) is 0 Å². The minimum Gasteiger partial charge on any atom is -0.355 e. The summed E-state index contributed by atoms with van der Waals surface area (Å²) in [6.07, 6.45) is 4.38. The Kier molecular flexibility index (Phi) is 8.16. The highest BCUT2D eigenvalue weighted by atomic mass is 16.1. The molecule has 0 bridgehead atoms. The van der Waals surface area contributed by atoms with Gasteiger partial charge in [-0.25, -0.2) is 0 Å². The summed E-state index contributed by atoms with van der Waals surface area (Å²) in [5, 5.41) is 6.79. The largest absolute Gasteiger partial charge is 0.355 e. The second kappa shape index (κ2) is 11.9. The summed E-state index contributed by atoms with van der Waals surface area (Å²) >= 11 is 0. The third-order valence-corrected chi connectivity index (χ3v) is 8.10. The molecule has 0 spiro atoms. The van der Waals surface area contributed by atoms with Gasteiger partial charge in [0, 0.05) is 22.5 Å². The minimum atomic E-state index is -0.145. The third-order valence-electron chi connectivity index (χ3n) is 8.10. The molecule has 1 aliphatic carbocycles. The highest BCUT2D eigenvalue weighted by molar-refractivity contribution is 6.32. The van der Waals surface area contributed by atoms with Crippen LogP contribution in [0.15, 0.2) is 84.9 Å². The molecule has 2 atom stereocenters. The first-order valence-corrected chi connectivity index (χ1v) is 14.4. The van der Waals surface area contributed by atoms with E-state index >= 15 is 0 Å². The Labute approximate surface area is 237 Å². The van der Waals surface area contributed by atoms with E-state index in [2.05, 4.69) is 62.6 Å². The van der Waals surface area contributed by atoms with Crippen LogP contribution < -0.4 is 10.6 Å². The monoisotopic (exact) mass is 530 g/mol. The molecule has 2 N–H and O–H groups in total. The quantitative estimate of drug-likeness (QED) is 0.189. The van der Waals surface area contributed by atoms with Crippen LogP contribution in [0.3, 0.4) is 0 Å². The summed E-state index contributed by atoms with van der Waals surface area (Å²) in [5.41, 5.74) is 7.35. The summed E-state index contributed by atoms with van der Waals surface area (Å²) in [5.74, 6) is 0.983. The van der Waals surface area contributed by atoms with E-state index in [-0.39, 0.29) is 11.6 Å². The van der Waals surface area contributed by atoms with Crippen LogP contribution in [0.5, 0.6) is 0 Å². The van der Waals surface area contributed by atoms with E-state index in [1.807, 2.05) is 48.5 Å². The number of benzene rings is 4. The fourth-order valence-electron chi connectivity index (χ4n) is 5.30. The maximum atomic E-state index is 13.8. The topological polar surface area (TPSA) is 58.2 Å². The number of ketones is 2. The van der Waals surface area contributed by atoms with Gasteiger partial charge in [-0.15, -0.1) is 0 Å². The molecule has 4 aromatic carbocycles. The lowest BCUT2D eigenvalue weighted by Crippen LogP contribution is -2.23. The van der Waals surface area contributed by atoms with Crippen molar-refractivity contribution in [2.45, 2.75) is 53.4 Å². The van der Waals surface area contributed by atoms with Gasteiger partial charge in [0.05, 0.1) is 22.5 Å². The Morgan fingerprint density at radius 2 is 0.925 bits per heavy atom. The van der Waals surface area contributed by atoms with E-state index in [9.17, 15) is 9.59 Å². The molecule has 1 aliphatic rings. The Balaban J connectivity index is 1.41. The van der Waals surface area contributed by atoms with Crippen molar-refractivity contribution in [3.63, 3.8) is 0 Å². The Morgan fingerprint density at radius 1 is 0.550 bits per heavy atom. The zero-order valence-electron chi connectivity index (χ0n) is 23.9. The first-order valence-electron chi connectivity index (χ1n) is 14.4. The fraction of sp³-hybridized carbons (Fsp3) is 0.278. The lowest BCUT2D eigenvalue weighted by atomic mass is 9.82. The van der Waals surface area contributed by atoms with E-state index in [1.165, 1.54) is 11.1 Å². The van der Waals surface area contributed by atoms with Crippen LogP contribution >= 0.6 is 0 Å². The number of anilines is 4. The molecule has 4 nitrogen and oxygen atoms in total. The molecule has 0 saturated heterocycles. The molecule has 0 fully saturated rings. The van der Waals surface area contributed by atoms with Crippen molar-refractivity contribution in [1.82, 2.24) is 0 Å². The summed E-state index contributed by atoms with van der Waals surface area (Å²) in [4.78, 5) is 27.7. The van der Waals surface area contributed by atoms with Crippen molar-refractivity contribution >= 4 is 34.3 Å². The number of carbonyl (C=O) groups is 2. The number of rotatable bonds is 10. The van der Waals surface area contributed by atoms with Crippen molar-refractivity contribution < 1.29 is 9.59 Å².